The number of carboxylic acids is 2. The van der Waals surface area contributed by atoms with E-state index >= 15 is 0 Å². The molecule has 0 fully saturated rings. The SMILES string of the molecule is O.O.O.O.O=C(O)/C=C\C(=O)O. The van der Waals surface area contributed by atoms with Gasteiger partial charge in [-0.3, -0.25) is 0 Å². The van der Waals surface area contributed by atoms with Gasteiger partial charge in [-0.1, -0.05) is 0 Å². The number of carbonyl (C=O) groups is 2. The Morgan fingerprint density at radius 3 is 1.00 bits per heavy atom. The third kappa shape index (κ3) is 38.9. The van der Waals surface area contributed by atoms with Crippen molar-refractivity contribution >= 4 is 11.9 Å². The van der Waals surface area contributed by atoms with E-state index in [9.17, 15) is 9.59 Å². The topological polar surface area (TPSA) is 201 Å². The van der Waals surface area contributed by atoms with Crippen molar-refractivity contribution in [3.63, 3.8) is 0 Å². The van der Waals surface area contributed by atoms with Gasteiger partial charge in [0.1, 0.15) is 0 Å². The molecular formula is C4H12O8. The molecule has 0 saturated heterocycles. The molecule has 0 saturated carbocycles. The number of rotatable bonds is 2. The first-order valence-electron chi connectivity index (χ1n) is 1.77. The number of carboxylic acid groups (broad SMARTS) is 2. The summed E-state index contributed by atoms with van der Waals surface area (Å²) in [5, 5.41) is 15.6. The number of hydrogen-bond donors (Lipinski definition) is 2. The van der Waals surface area contributed by atoms with Crippen molar-refractivity contribution in [2.45, 2.75) is 0 Å². The lowest BCUT2D eigenvalue weighted by molar-refractivity contribution is -0.134. The van der Waals surface area contributed by atoms with Crippen LogP contribution in [0, 0.1) is 0 Å². The molecule has 76 valence electrons. The first-order chi connectivity index (χ1) is 3.63. The maximum Gasteiger partial charge on any atom is 0.328 e. The van der Waals surface area contributed by atoms with Gasteiger partial charge in [-0.15, -0.1) is 0 Å². The zero-order chi connectivity index (χ0) is 6.57. The molecule has 0 aromatic carbocycles. The second-order valence-electron chi connectivity index (χ2n) is 1.01. The van der Waals surface area contributed by atoms with Gasteiger partial charge in [-0.25, -0.2) is 9.59 Å². The molecule has 12 heavy (non-hydrogen) atoms. The average molecular weight is 188 g/mol. The highest BCUT2D eigenvalue weighted by Gasteiger charge is 1.88. The maximum atomic E-state index is 9.55. The molecule has 0 aromatic rings. The first-order valence-corrected chi connectivity index (χ1v) is 1.77. The van der Waals surface area contributed by atoms with Crippen molar-refractivity contribution in [1.82, 2.24) is 0 Å². The molecule has 0 aromatic heterocycles. The van der Waals surface area contributed by atoms with Gasteiger partial charge in [0, 0.05) is 12.2 Å². The summed E-state index contributed by atoms with van der Waals surface area (Å²) < 4.78 is 0. The van der Waals surface area contributed by atoms with Gasteiger partial charge in [0.05, 0.1) is 0 Å². The maximum absolute atomic E-state index is 9.55. The Kier molecular flexibility index (Phi) is 42.4. The van der Waals surface area contributed by atoms with Crippen LogP contribution in [0.4, 0.5) is 0 Å². The summed E-state index contributed by atoms with van der Waals surface area (Å²) in [6.07, 6.45) is 1.12. The minimum Gasteiger partial charge on any atom is -0.478 e. The van der Waals surface area contributed by atoms with Crippen molar-refractivity contribution in [3.8, 4) is 0 Å². The van der Waals surface area contributed by atoms with Crippen LogP contribution in [0.2, 0.25) is 0 Å². The number of aliphatic carboxylic acids is 2. The lowest BCUT2D eigenvalue weighted by Crippen LogP contribution is -1.91. The Morgan fingerprint density at radius 1 is 0.750 bits per heavy atom. The van der Waals surface area contributed by atoms with Gasteiger partial charge in [0.15, 0.2) is 0 Å². The molecule has 0 bridgehead atoms. The van der Waals surface area contributed by atoms with E-state index in [1.54, 1.807) is 0 Å². The van der Waals surface area contributed by atoms with Crippen molar-refractivity contribution in [2.24, 2.45) is 0 Å². The molecule has 0 aliphatic rings. The molecule has 8 nitrogen and oxygen atoms in total. The van der Waals surface area contributed by atoms with Crippen LogP contribution in [0.15, 0.2) is 12.2 Å². The standard InChI is InChI=1S/C4H4O4.4H2O/c5-3(6)1-2-4(7)8;;;;/h1-2H,(H,5,6)(H,7,8);4*1H2/b2-1-;;;;. The molecule has 0 radical (unpaired) electrons. The van der Waals surface area contributed by atoms with Crippen molar-refractivity contribution in [1.29, 1.82) is 0 Å². The summed E-state index contributed by atoms with van der Waals surface area (Å²) >= 11 is 0. The van der Waals surface area contributed by atoms with Crippen LogP contribution in [0.5, 0.6) is 0 Å². The van der Waals surface area contributed by atoms with E-state index < -0.39 is 11.9 Å². The highest BCUT2D eigenvalue weighted by atomic mass is 16.4. The highest BCUT2D eigenvalue weighted by Crippen LogP contribution is 1.70. The summed E-state index contributed by atoms with van der Waals surface area (Å²) in [6.45, 7) is 0. The Balaban J connectivity index is -0.0000000408. The summed E-state index contributed by atoms with van der Waals surface area (Å²) in [7, 11) is 0. The van der Waals surface area contributed by atoms with E-state index in [-0.39, 0.29) is 21.9 Å². The average Bonchev–Trinajstić information content (AvgIpc) is 1.61. The Bertz CT molecular complexity index is 122. The fraction of sp³-hybridized carbons (Fsp3) is 0. The molecule has 10 N–H and O–H groups in total. The van der Waals surface area contributed by atoms with E-state index in [1.807, 2.05) is 0 Å². The molecular weight excluding hydrogens is 176 g/mol. The summed E-state index contributed by atoms with van der Waals surface area (Å²) in [5.74, 6) is -2.51. The molecule has 0 unspecified atom stereocenters. The fourth-order valence-corrected chi connectivity index (χ4v) is 0.143. The van der Waals surface area contributed by atoms with Gasteiger partial charge in [-0.2, -0.15) is 0 Å². The third-order valence-electron chi connectivity index (χ3n) is 0.368. The normalized spacial score (nSPS) is 6.33. The van der Waals surface area contributed by atoms with Crippen molar-refractivity contribution < 1.29 is 41.7 Å². The van der Waals surface area contributed by atoms with E-state index in [0.29, 0.717) is 12.2 Å². The molecule has 0 amide bonds. The summed E-state index contributed by atoms with van der Waals surface area (Å²) in [6, 6.07) is 0. The van der Waals surface area contributed by atoms with Crippen LogP contribution in [-0.2, 0) is 9.59 Å². The molecule has 0 aliphatic heterocycles. The highest BCUT2D eigenvalue weighted by molar-refractivity contribution is 5.89. The molecule has 0 rings (SSSR count). The van der Waals surface area contributed by atoms with Crippen LogP contribution in [0.25, 0.3) is 0 Å². The largest absolute Gasteiger partial charge is 0.478 e. The minimum absolute atomic E-state index is 0. The van der Waals surface area contributed by atoms with Crippen LogP contribution in [0.1, 0.15) is 0 Å². The molecule has 0 spiro atoms. The molecule has 0 aliphatic carbocycles. The lowest BCUT2D eigenvalue weighted by atomic mass is 10.5. The minimum atomic E-state index is -1.26. The Morgan fingerprint density at radius 2 is 0.917 bits per heavy atom. The van der Waals surface area contributed by atoms with Crippen LogP contribution in [-0.4, -0.2) is 44.1 Å². The van der Waals surface area contributed by atoms with E-state index in [4.69, 9.17) is 10.2 Å². The smallest absolute Gasteiger partial charge is 0.328 e. The van der Waals surface area contributed by atoms with E-state index in [0.717, 1.165) is 0 Å². The van der Waals surface area contributed by atoms with Gasteiger partial charge >= 0.3 is 11.9 Å². The van der Waals surface area contributed by atoms with Gasteiger partial charge in [0.2, 0.25) is 0 Å². The van der Waals surface area contributed by atoms with Crippen LogP contribution >= 0.6 is 0 Å². The van der Waals surface area contributed by atoms with Crippen LogP contribution < -0.4 is 0 Å². The second kappa shape index (κ2) is 16.3. The summed E-state index contributed by atoms with van der Waals surface area (Å²) in [4.78, 5) is 19.1. The van der Waals surface area contributed by atoms with Gasteiger partial charge in [0.25, 0.3) is 0 Å². The zero-order valence-corrected chi connectivity index (χ0v) is 5.87. The predicted octanol–water partition coefficient (Wildman–Crippen LogP) is -3.59. The molecule has 0 heterocycles. The first kappa shape index (κ1) is 31.3. The zero-order valence-electron chi connectivity index (χ0n) is 5.87. The lowest BCUT2D eigenvalue weighted by Gasteiger charge is -1.74. The van der Waals surface area contributed by atoms with E-state index in [1.165, 1.54) is 0 Å². The Hall–Kier alpha value is -1.48. The fourth-order valence-electron chi connectivity index (χ4n) is 0.143. The quantitative estimate of drug-likeness (QED) is 0.421. The van der Waals surface area contributed by atoms with Gasteiger partial charge in [-0.05, 0) is 0 Å². The van der Waals surface area contributed by atoms with Gasteiger partial charge < -0.3 is 32.1 Å². The number of hydrogen-bond acceptors (Lipinski definition) is 2. The van der Waals surface area contributed by atoms with E-state index in [2.05, 4.69) is 0 Å². The van der Waals surface area contributed by atoms with Crippen molar-refractivity contribution in [2.75, 3.05) is 0 Å². The second-order valence-corrected chi connectivity index (χ2v) is 1.01. The van der Waals surface area contributed by atoms with Crippen molar-refractivity contribution in [3.05, 3.63) is 12.2 Å². The third-order valence-corrected chi connectivity index (χ3v) is 0.368. The van der Waals surface area contributed by atoms with Crippen LogP contribution in [0.3, 0.4) is 0 Å². The predicted molar refractivity (Wildman–Crippen MR) is 38.9 cm³/mol. The molecule has 0 atom stereocenters. The Labute approximate surface area is 67.0 Å². The molecule has 8 heteroatoms. The summed E-state index contributed by atoms with van der Waals surface area (Å²) in [5.41, 5.74) is 0. The monoisotopic (exact) mass is 188 g/mol.